The van der Waals surface area contributed by atoms with Gasteiger partial charge in [0, 0.05) is 6.54 Å². The standard InChI is InChI=1S/C16H21N3O/c1-2-10-18-15-12-17-13-16(19-15)20-11-6-9-14-7-4-3-5-8-14/h3-5,7-8,12-13H,2,6,9-11H2,1H3,(H,18,19). The molecule has 2 aromatic rings. The summed E-state index contributed by atoms with van der Waals surface area (Å²) in [7, 11) is 0. The van der Waals surface area contributed by atoms with Crippen molar-refractivity contribution in [2.45, 2.75) is 26.2 Å². The molecule has 0 bridgehead atoms. The van der Waals surface area contributed by atoms with E-state index < -0.39 is 0 Å². The number of hydrogen-bond donors (Lipinski definition) is 1. The Morgan fingerprint density at radius 2 is 2.00 bits per heavy atom. The fourth-order valence-corrected chi connectivity index (χ4v) is 1.85. The Kier molecular flexibility index (Phi) is 5.83. The zero-order valence-corrected chi connectivity index (χ0v) is 11.9. The smallest absolute Gasteiger partial charge is 0.234 e. The van der Waals surface area contributed by atoms with Crippen LogP contribution in [-0.4, -0.2) is 23.1 Å². The van der Waals surface area contributed by atoms with Crippen molar-refractivity contribution in [3.63, 3.8) is 0 Å². The SMILES string of the molecule is CCCNc1cncc(OCCCc2ccccc2)n1. The van der Waals surface area contributed by atoms with Gasteiger partial charge in [-0.05, 0) is 24.8 Å². The van der Waals surface area contributed by atoms with Crippen LogP contribution < -0.4 is 10.1 Å². The molecular weight excluding hydrogens is 250 g/mol. The van der Waals surface area contributed by atoms with Crippen LogP contribution in [0.25, 0.3) is 0 Å². The fourth-order valence-electron chi connectivity index (χ4n) is 1.85. The van der Waals surface area contributed by atoms with Crippen LogP contribution in [0.15, 0.2) is 42.7 Å². The molecule has 4 nitrogen and oxygen atoms in total. The highest BCUT2D eigenvalue weighted by atomic mass is 16.5. The van der Waals surface area contributed by atoms with Crippen LogP contribution in [0.5, 0.6) is 5.88 Å². The Morgan fingerprint density at radius 1 is 1.15 bits per heavy atom. The minimum atomic E-state index is 0.583. The summed E-state index contributed by atoms with van der Waals surface area (Å²) in [5.74, 6) is 1.35. The molecule has 0 aliphatic heterocycles. The second-order valence-corrected chi connectivity index (χ2v) is 4.61. The largest absolute Gasteiger partial charge is 0.477 e. The van der Waals surface area contributed by atoms with Crippen molar-refractivity contribution in [1.29, 1.82) is 0 Å². The first-order valence-corrected chi connectivity index (χ1v) is 7.11. The third-order valence-corrected chi connectivity index (χ3v) is 2.87. The molecule has 106 valence electrons. The molecule has 0 radical (unpaired) electrons. The number of nitrogens with zero attached hydrogens (tertiary/aromatic N) is 2. The number of hydrogen-bond acceptors (Lipinski definition) is 4. The van der Waals surface area contributed by atoms with Crippen molar-refractivity contribution in [3.05, 3.63) is 48.3 Å². The van der Waals surface area contributed by atoms with Gasteiger partial charge in [0.2, 0.25) is 5.88 Å². The average molecular weight is 271 g/mol. The maximum atomic E-state index is 5.63. The lowest BCUT2D eigenvalue weighted by Crippen LogP contribution is -2.05. The number of rotatable bonds is 8. The maximum Gasteiger partial charge on any atom is 0.234 e. The minimum Gasteiger partial charge on any atom is -0.477 e. The Bertz CT molecular complexity index is 502. The zero-order chi connectivity index (χ0) is 14.0. The highest BCUT2D eigenvalue weighted by Gasteiger charge is 1.99. The molecule has 20 heavy (non-hydrogen) atoms. The summed E-state index contributed by atoms with van der Waals surface area (Å²) >= 11 is 0. The van der Waals surface area contributed by atoms with Crippen molar-refractivity contribution >= 4 is 5.82 Å². The predicted molar refractivity (Wildman–Crippen MR) is 81.1 cm³/mol. The van der Waals surface area contributed by atoms with E-state index in [0.29, 0.717) is 12.5 Å². The molecule has 0 aliphatic carbocycles. The van der Waals surface area contributed by atoms with Crippen LogP contribution in [0.4, 0.5) is 5.82 Å². The summed E-state index contributed by atoms with van der Waals surface area (Å²) in [6, 6.07) is 10.4. The normalized spacial score (nSPS) is 10.2. The molecule has 0 fully saturated rings. The van der Waals surface area contributed by atoms with Gasteiger partial charge in [0.25, 0.3) is 0 Å². The van der Waals surface area contributed by atoms with Crippen LogP contribution in [0.3, 0.4) is 0 Å². The van der Waals surface area contributed by atoms with Gasteiger partial charge in [-0.1, -0.05) is 37.3 Å². The first-order chi connectivity index (χ1) is 9.88. The minimum absolute atomic E-state index is 0.583. The molecule has 1 N–H and O–H groups in total. The van der Waals surface area contributed by atoms with Gasteiger partial charge in [0.05, 0.1) is 19.0 Å². The van der Waals surface area contributed by atoms with Gasteiger partial charge < -0.3 is 10.1 Å². The molecule has 0 atom stereocenters. The van der Waals surface area contributed by atoms with E-state index in [-0.39, 0.29) is 0 Å². The van der Waals surface area contributed by atoms with Crippen LogP contribution in [0.1, 0.15) is 25.3 Å². The molecule has 1 aromatic carbocycles. The molecule has 0 amide bonds. The number of aromatic nitrogens is 2. The Morgan fingerprint density at radius 3 is 2.80 bits per heavy atom. The number of benzene rings is 1. The summed E-state index contributed by atoms with van der Waals surface area (Å²) < 4.78 is 5.63. The van der Waals surface area contributed by atoms with Crippen molar-refractivity contribution in [3.8, 4) is 5.88 Å². The topological polar surface area (TPSA) is 47.0 Å². The van der Waals surface area contributed by atoms with Crippen molar-refractivity contribution in [1.82, 2.24) is 9.97 Å². The summed E-state index contributed by atoms with van der Waals surface area (Å²) in [5.41, 5.74) is 1.33. The van der Waals surface area contributed by atoms with Crippen LogP contribution >= 0.6 is 0 Å². The Labute approximate surface area is 120 Å². The highest BCUT2D eigenvalue weighted by molar-refractivity contribution is 5.32. The van der Waals surface area contributed by atoms with E-state index in [9.17, 15) is 0 Å². The van der Waals surface area contributed by atoms with Crippen molar-refractivity contribution < 1.29 is 4.74 Å². The molecule has 0 aliphatic rings. The average Bonchev–Trinajstić information content (AvgIpc) is 2.51. The number of ether oxygens (including phenoxy) is 1. The van der Waals surface area contributed by atoms with E-state index >= 15 is 0 Å². The zero-order valence-electron chi connectivity index (χ0n) is 11.9. The summed E-state index contributed by atoms with van der Waals surface area (Å²) in [6.45, 7) is 3.66. The van der Waals surface area contributed by atoms with Crippen LogP contribution in [0.2, 0.25) is 0 Å². The fraction of sp³-hybridized carbons (Fsp3) is 0.375. The number of aryl methyl sites for hydroxylation is 1. The Hall–Kier alpha value is -2.10. The highest BCUT2D eigenvalue weighted by Crippen LogP contribution is 2.10. The van der Waals surface area contributed by atoms with E-state index in [4.69, 9.17) is 4.74 Å². The van der Waals surface area contributed by atoms with Gasteiger partial charge in [0.1, 0.15) is 5.82 Å². The Balaban J connectivity index is 1.73. The van der Waals surface area contributed by atoms with E-state index in [2.05, 4.69) is 46.5 Å². The van der Waals surface area contributed by atoms with E-state index in [1.807, 2.05) is 6.07 Å². The van der Waals surface area contributed by atoms with E-state index in [1.165, 1.54) is 5.56 Å². The van der Waals surface area contributed by atoms with E-state index in [1.54, 1.807) is 12.4 Å². The molecule has 1 heterocycles. The van der Waals surface area contributed by atoms with Crippen molar-refractivity contribution in [2.24, 2.45) is 0 Å². The molecular formula is C16H21N3O. The molecule has 0 saturated heterocycles. The summed E-state index contributed by atoms with van der Waals surface area (Å²) in [4.78, 5) is 8.48. The lowest BCUT2D eigenvalue weighted by Gasteiger charge is -2.07. The molecule has 1 aromatic heterocycles. The van der Waals surface area contributed by atoms with Gasteiger partial charge in [-0.2, -0.15) is 4.98 Å². The van der Waals surface area contributed by atoms with Gasteiger partial charge >= 0.3 is 0 Å². The third-order valence-electron chi connectivity index (χ3n) is 2.87. The number of anilines is 1. The molecule has 0 spiro atoms. The molecule has 4 heteroatoms. The van der Waals surface area contributed by atoms with Gasteiger partial charge in [-0.15, -0.1) is 0 Å². The molecule has 0 unspecified atom stereocenters. The van der Waals surface area contributed by atoms with Gasteiger partial charge in [0.15, 0.2) is 0 Å². The predicted octanol–water partition coefficient (Wildman–Crippen LogP) is 3.31. The maximum absolute atomic E-state index is 5.63. The second-order valence-electron chi connectivity index (χ2n) is 4.61. The van der Waals surface area contributed by atoms with Crippen LogP contribution in [0, 0.1) is 0 Å². The third kappa shape index (κ3) is 4.88. The lowest BCUT2D eigenvalue weighted by molar-refractivity contribution is 0.298. The summed E-state index contributed by atoms with van der Waals surface area (Å²) in [6.07, 6.45) is 6.41. The van der Waals surface area contributed by atoms with E-state index in [0.717, 1.165) is 31.6 Å². The monoisotopic (exact) mass is 271 g/mol. The van der Waals surface area contributed by atoms with Gasteiger partial charge in [-0.3, -0.25) is 4.98 Å². The molecule has 0 saturated carbocycles. The quantitative estimate of drug-likeness (QED) is 0.748. The van der Waals surface area contributed by atoms with Gasteiger partial charge in [-0.25, -0.2) is 0 Å². The first-order valence-electron chi connectivity index (χ1n) is 7.11. The first kappa shape index (κ1) is 14.3. The van der Waals surface area contributed by atoms with Crippen LogP contribution in [-0.2, 0) is 6.42 Å². The number of nitrogens with one attached hydrogen (secondary N) is 1. The second kappa shape index (κ2) is 8.15. The van der Waals surface area contributed by atoms with Crippen molar-refractivity contribution in [2.75, 3.05) is 18.5 Å². The lowest BCUT2D eigenvalue weighted by atomic mass is 10.1. The molecule has 2 rings (SSSR count). The summed E-state index contributed by atoms with van der Waals surface area (Å²) in [5, 5.41) is 3.20.